The van der Waals surface area contributed by atoms with Gasteiger partial charge in [-0.15, -0.1) is 23.7 Å². The Bertz CT molecular complexity index is 516. The quantitative estimate of drug-likeness (QED) is 0.888. The van der Waals surface area contributed by atoms with E-state index in [0.717, 1.165) is 29.8 Å². The lowest BCUT2D eigenvalue weighted by molar-refractivity contribution is 0.0944. The molecule has 5 heteroatoms. The van der Waals surface area contributed by atoms with Gasteiger partial charge in [0.1, 0.15) is 0 Å². The number of carbonyl (C=O) groups is 1. The molecule has 3 nitrogen and oxygen atoms in total. The fourth-order valence-corrected chi connectivity index (χ4v) is 3.09. The van der Waals surface area contributed by atoms with Crippen molar-refractivity contribution in [2.75, 3.05) is 13.1 Å². The molecule has 0 bridgehead atoms. The molecule has 2 N–H and O–H groups in total. The number of amides is 1. The van der Waals surface area contributed by atoms with Gasteiger partial charge in [0.15, 0.2) is 0 Å². The molecule has 0 aliphatic carbocycles. The van der Waals surface area contributed by atoms with E-state index < -0.39 is 0 Å². The van der Waals surface area contributed by atoms with E-state index in [4.69, 9.17) is 0 Å². The first-order valence-electron chi connectivity index (χ1n) is 5.83. The third-order valence-electron chi connectivity index (χ3n) is 3.04. The third kappa shape index (κ3) is 2.66. The number of thiophene rings is 1. The number of rotatable bonds is 2. The summed E-state index contributed by atoms with van der Waals surface area (Å²) >= 11 is 1.56. The number of hydrogen-bond acceptors (Lipinski definition) is 3. The van der Waals surface area contributed by atoms with Gasteiger partial charge >= 0.3 is 0 Å². The summed E-state index contributed by atoms with van der Waals surface area (Å²) in [7, 11) is 0. The molecule has 2 heterocycles. The Balaban J connectivity index is 0.00000120. The smallest absolute Gasteiger partial charge is 0.261 e. The van der Waals surface area contributed by atoms with Crippen LogP contribution in [0.3, 0.4) is 0 Å². The molecule has 1 aromatic carbocycles. The standard InChI is InChI=1S/C13H14N2OS.ClH/c16-13(15-10-5-6-14-8-10)12-7-9-3-1-2-4-11(9)17-12;/h1-4,7,10,14H,5-6,8H2,(H,15,16);1H. The van der Waals surface area contributed by atoms with Crippen LogP contribution in [0.4, 0.5) is 0 Å². The van der Waals surface area contributed by atoms with Crippen molar-refractivity contribution in [2.45, 2.75) is 12.5 Å². The fourth-order valence-electron chi connectivity index (χ4n) is 2.13. The van der Waals surface area contributed by atoms with E-state index in [2.05, 4.69) is 10.6 Å². The second-order valence-electron chi connectivity index (χ2n) is 4.31. The van der Waals surface area contributed by atoms with Gasteiger partial charge in [-0.25, -0.2) is 0 Å². The molecule has 2 aromatic rings. The number of fused-ring (bicyclic) bond motifs is 1. The fraction of sp³-hybridized carbons (Fsp3) is 0.308. The lowest BCUT2D eigenvalue weighted by atomic mass is 10.2. The molecule has 18 heavy (non-hydrogen) atoms. The molecule has 0 spiro atoms. The largest absolute Gasteiger partial charge is 0.347 e. The maximum Gasteiger partial charge on any atom is 0.261 e. The maximum atomic E-state index is 12.0. The van der Waals surface area contributed by atoms with Gasteiger partial charge in [0.05, 0.1) is 4.88 Å². The molecular weight excluding hydrogens is 268 g/mol. The minimum atomic E-state index is 0. The van der Waals surface area contributed by atoms with Crippen molar-refractivity contribution in [2.24, 2.45) is 0 Å². The molecule has 1 aromatic heterocycles. The number of benzene rings is 1. The lowest BCUT2D eigenvalue weighted by Crippen LogP contribution is -2.35. The van der Waals surface area contributed by atoms with Crippen LogP contribution >= 0.6 is 23.7 Å². The first kappa shape index (κ1) is 13.3. The van der Waals surface area contributed by atoms with Crippen LogP contribution in [0.25, 0.3) is 10.1 Å². The normalized spacial score (nSPS) is 18.6. The zero-order valence-corrected chi connectivity index (χ0v) is 11.4. The van der Waals surface area contributed by atoms with Crippen LogP contribution in [0.5, 0.6) is 0 Å². The van der Waals surface area contributed by atoms with Crippen molar-refractivity contribution in [1.82, 2.24) is 10.6 Å². The van der Waals surface area contributed by atoms with Gasteiger partial charge < -0.3 is 10.6 Å². The summed E-state index contributed by atoms with van der Waals surface area (Å²) in [6.45, 7) is 1.88. The van der Waals surface area contributed by atoms with Gasteiger partial charge in [0, 0.05) is 17.3 Å². The van der Waals surface area contributed by atoms with Gasteiger partial charge in [0.25, 0.3) is 5.91 Å². The summed E-state index contributed by atoms with van der Waals surface area (Å²) < 4.78 is 1.17. The minimum absolute atomic E-state index is 0. The highest BCUT2D eigenvalue weighted by molar-refractivity contribution is 7.20. The van der Waals surface area contributed by atoms with Crippen LogP contribution in [0.1, 0.15) is 16.1 Å². The topological polar surface area (TPSA) is 41.1 Å². The Morgan fingerprint density at radius 3 is 2.94 bits per heavy atom. The molecule has 1 saturated heterocycles. The SMILES string of the molecule is Cl.O=C(NC1CCNC1)c1cc2ccccc2s1. The Labute approximate surface area is 116 Å². The molecule has 1 fully saturated rings. The highest BCUT2D eigenvalue weighted by atomic mass is 35.5. The molecule has 1 aliphatic heterocycles. The number of nitrogens with one attached hydrogen (secondary N) is 2. The predicted molar refractivity (Wildman–Crippen MR) is 77.8 cm³/mol. The van der Waals surface area contributed by atoms with Crippen molar-refractivity contribution >= 4 is 39.7 Å². The zero-order valence-electron chi connectivity index (χ0n) is 9.81. The van der Waals surface area contributed by atoms with Gasteiger partial charge in [-0.3, -0.25) is 4.79 Å². The van der Waals surface area contributed by atoms with Crippen LogP contribution in [0, 0.1) is 0 Å². The van der Waals surface area contributed by atoms with Gasteiger partial charge in [0.2, 0.25) is 0 Å². The highest BCUT2D eigenvalue weighted by Gasteiger charge is 2.18. The maximum absolute atomic E-state index is 12.0. The third-order valence-corrected chi connectivity index (χ3v) is 4.16. The van der Waals surface area contributed by atoms with Crippen molar-refractivity contribution < 1.29 is 4.79 Å². The number of carbonyl (C=O) groups excluding carboxylic acids is 1. The molecule has 96 valence electrons. The molecule has 1 amide bonds. The zero-order chi connectivity index (χ0) is 11.7. The van der Waals surface area contributed by atoms with Crippen LogP contribution in [0.2, 0.25) is 0 Å². The summed E-state index contributed by atoms with van der Waals surface area (Å²) in [6.07, 6.45) is 1.02. The minimum Gasteiger partial charge on any atom is -0.347 e. The molecule has 0 saturated carbocycles. The van der Waals surface area contributed by atoms with Crippen LogP contribution < -0.4 is 10.6 Å². The van der Waals surface area contributed by atoms with E-state index in [9.17, 15) is 4.79 Å². The van der Waals surface area contributed by atoms with E-state index in [-0.39, 0.29) is 24.4 Å². The summed E-state index contributed by atoms with van der Waals surface area (Å²) in [4.78, 5) is 12.8. The summed E-state index contributed by atoms with van der Waals surface area (Å²) in [6, 6.07) is 10.3. The van der Waals surface area contributed by atoms with E-state index >= 15 is 0 Å². The highest BCUT2D eigenvalue weighted by Crippen LogP contribution is 2.25. The average molecular weight is 283 g/mol. The number of halogens is 1. The Morgan fingerprint density at radius 1 is 1.39 bits per heavy atom. The van der Waals surface area contributed by atoms with E-state index in [1.807, 2.05) is 30.3 Å². The van der Waals surface area contributed by atoms with Crippen molar-refractivity contribution in [3.63, 3.8) is 0 Å². The lowest BCUT2D eigenvalue weighted by Gasteiger charge is -2.09. The van der Waals surface area contributed by atoms with Gasteiger partial charge in [-0.05, 0) is 30.5 Å². The van der Waals surface area contributed by atoms with Crippen molar-refractivity contribution in [3.05, 3.63) is 35.2 Å². The molecular formula is C13H15ClN2OS. The number of hydrogen-bond donors (Lipinski definition) is 2. The molecule has 1 atom stereocenters. The van der Waals surface area contributed by atoms with E-state index in [1.54, 1.807) is 11.3 Å². The molecule has 1 unspecified atom stereocenters. The van der Waals surface area contributed by atoms with E-state index in [1.165, 1.54) is 4.70 Å². The van der Waals surface area contributed by atoms with Crippen LogP contribution in [0.15, 0.2) is 30.3 Å². The van der Waals surface area contributed by atoms with Crippen LogP contribution in [-0.4, -0.2) is 25.0 Å². The molecule has 1 aliphatic rings. The second kappa shape index (κ2) is 5.69. The molecule has 3 rings (SSSR count). The van der Waals surface area contributed by atoms with Gasteiger partial charge in [-0.1, -0.05) is 18.2 Å². The monoisotopic (exact) mass is 282 g/mol. The Kier molecular flexibility index (Phi) is 4.22. The van der Waals surface area contributed by atoms with Crippen molar-refractivity contribution in [1.29, 1.82) is 0 Å². The summed E-state index contributed by atoms with van der Waals surface area (Å²) in [5, 5.41) is 7.46. The van der Waals surface area contributed by atoms with Gasteiger partial charge in [-0.2, -0.15) is 0 Å². The van der Waals surface area contributed by atoms with E-state index in [0.29, 0.717) is 0 Å². The molecule has 0 radical (unpaired) electrons. The first-order chi connectivity index (χ1) is 8.33. The van der Waals surface area contributed by atoms with Crippen LogP contribution in [-0.2, 0) is 0 Å². The predicted octanol–water partition coefficient (Wildman–Crippen LogP) is 2.41. The Hall–Kier alpha value is -1.10. The second-order valence-corrected chi connectivity index (χ2v) is 5.40. The van der Waals surface area contributed by atoms with Crippen molar-refractivity contribution in [3.8, 4) is 0 Å². The summed E-state index contributed by atoms with van der Waals surface area (Å²) in [5.41, 5.74) is 0. The first-order valence-corrected chi connectivity index (χ1v) is 6.65. The Morgan fingerprint density at radius 2 is 2.22 bits per heavy atom. The summed E-state index contributed by atoms with van der Waals surface area (Å²) in [5.74, 6) is 0.0555. The average Bonchev–Trinajstić information content (AvgIpc) is 2.96.